The number of halogens is 3. The fourth-order valence-corrected chi connectivity index (χ4v) is 3.90. The van der Waals surface area contributed by atoms with Crippen molar-refractivity contribution in [3.05, 3.63) is 46.7 Å². The van der Waals surface area contributed by atoms with E-state index in [1.165, 1.54) is 22.1 Å². The molecule has 1 N–H and O–H groups in total. The molecule has 2 aromatic heterocycles. The number of nitrogens with zero attached hydrogens (tertiary/aromatic N) is 1. The number of carbonyl (C=O) groups excluding carboxylic acids is 1. The summed E-state index contributed by atoms with van der Waals surface area (Å²) in [4.78, 5) is 12.6. The average molecular weight is 357 g/mol. The highest BCUT2D eigenvalue weighted by Crippen LogP contribution is 2.32. The Morgan fingerprint density at radius 1 is 1.30 bits per heavy atom. The van der Waals surface area contributed by atoms with Gasteiger partial charge in [-0.3, -0.25) is 9.36 Å². The number of aromatic nitrogens is 1. The number of rotatable bonds is 3. The lowest BCUT2D eigenvalue weighted by molar-refractivity contribution is 0.0963. The van der Waals surface area contributed by atoms with E-state index in [1.807, 2.05) is 0 Å². The van der Waals surface area contributed by atoms with Crippen LogP contribution in [0.3, 0.4) is 0 Å². The molecule has 0 radical (unpaired) electrons. The molecule has 0 bridgehead atoms. The normalized spacial score (nSPS) is 11.5. The van der Waals surface area contributed by atoms with Crippen LogP contribution in [0.15, 0.2) is 33.9 Å². The second-order valence-electron chi connectivity index (χ2n) is 4.82. The maximum Gasteiger partial charge on any atom is 0.289 e. The van der Waals surface area contributed by atoms with Gasteiger partial charge in [0.25, 0.3) is 11.7 Å². The van der Waals surface area contributed by atoms with Crippen LogP contribution in [0, 0.1) is 12.7 Å². The third-order valence-electron chi connectivity index (χ3n) is 3.28. The molecule has 1 aromatic carbocycles. The van der Waals surface area contributed by atoms with Crippen molar-refractivity contribution in [3.8, 4) is 5.75 Å². The molecule has 0 spiro atoms. The summed E-state index contributed by atoms with van der Waals surface area (Å²) in [6.07, 6.45) is 0. The summed E-state index contributed by atoms with van der Waals surface area (Å²) >= 11 is 1.43. The van der Waals surface area contributed by atoms with Crippen LogP contribution in [-0.2, 0) is 0 Å². The highest BCUT2D eigenvalue weighted by Gasteiger charge is 2.19. The summed E-state index contributed by atoms with van der Waals surface area (Å²) in [5, 5.41) is 11.4. The van der Waals surface area contributed by atoms with Gasteiger partial charge in [-0.2, -0.15) is 8.78 Å². The Morgan fingerprint density at radius 3 is 2.74 bits per heavy atom. The lowest BCUT2D eigenvalue weighted by Gasteiger charge is -2.06. The van der Waals surface area contributed by atoms with Crippen LogP contribution in [0.4, 0.5) is 13.2 Å². The van der Waals surface area contributed by atoms with E-state index in [9.17, 15) is 23.1 Å². The van der Waals surface area contributed by atoms with Crippen molar-refractivity contribution in [2.24, 2.45) is 0 Å². The molecule has 0 saturated heterocycles. The standard InChI is InChI=1S/C15H10F3NO2S2/c1-7-2-8-3-12(20)10(16)5-11(8)19(7)14(21)9-4-13(22-6-9)23-15(17)18/h2-6,15,20H,1H3. The van der Waals surface area contributed by atoms with E-state index in [1.54, 1.807) is 13.0 Å². The maximum absolute atomic E-state index is 13.6. The van der Waals surface area contributed by atoms with Gasteiger partial charge >= 0.3 is 0 Å². The van der Waals surface area contributed by atoms with Crippen molar-refractivity contribution in [3.63, 3.8) is 0 Å². The Kier molecular flexibility index (Phi) is 4.11. The molecule has 0 amide bonds. The molecule has 3 rings (SSSR count). The van der Waals surface area contributed by atoms with E-state index in [2.05, 4.69) is 0 Å². The number of phenolic OH excluding ortho intramolecular Hbond substituents is 1. The first-order valence-corrected chi connectivity index (χ1v) is 8.21. The summed E-state index contributed by atoms with van der Waals surface area (Å²) in [7, 11) is 0. The fourth-order valence-electron chi connectivity index (χ4n) is 2.33. The van der Waals surface area contributed by atoms with E-state index >= 15 is 0 Å². The Bertz CT molecular complexity index is 902. The number of thiophene rings is 1. The number of carbonyl (C=O) groups is 1. The highest BCUT2D eigenvalue weighted by molar-refractivity contribution is 8.01. The van der Waals surface area contributed by atoms with Gasteiger partial charge in [0.05, 0.1) is 15.3 Å². The van der Waals surface area contributed by atoms with Crippen LogP contribution in [0.5, 0.6) is 5.75 Å². The average Bonchev–Trinajstić information content (AvgIpc) is 3.02. The van der Waals surface area contributed by atoms with Crippen molar-refractivity contribution in [2.45, 2.75) is 16.9 Å². The van der Waals surface area contributed by atoms with Crippen LogP contribution >= 0.6 is 23.1 Å². The van der Waals surface area contributed by atoms with E-state index in [-0.39, 0.29) is 5.56 Å². The van der Waals surface area contributed by atoms with E-state index < -0.39 is 23.2 Å². The molecule has 0 aliphatic heterocycles. The minimum Gasteiger partial charge on any atom is -0.505 e. The van der Waals surface area contributed by atoms with Gasteiger partial charge < -0.3 is 5.11 Å². The molecule has 0 unspecified atom stereocenters. The summed E-state index contributed by atoms with van der Waals surface area (Å²) in [6.45, 7) is 1.67. The van der Waals surface area contributed by atoms with Crippen LogP contribution in [-0.4, -0.2) is 21.3 Å². The lowest BCUT2D eigenvalue weighted by Crippen LogP contribution is -2.12. The largest absolute Gasteiger partial charge is 0.505 e. The first-order chi connectivity index (χ1) is 10.9. The Morgan fingerprint density at radius 2 is 2.04 bits per heavy atom. The minimum atomic E-state index is -2.55. The van der Waals surface area contributed by atoms with Gasteiger partial charge in [-0.25, -0.2) is 4.39 Å². The van der Waals surface area contributed by atoms with Gasteiger partial charge in [-0.05, 0) is 36.9 Å². The molecule has 0 aliphatic rings. The quantitative estimate of drug-likeness (QED) is 0.681. The summed E-state index contributed by atoms with van der Waals surface area (Å²) < 4.78 is 40.0. The monoisotopic (exact) mass is 357 g/mol. The van der Waals surface area contributed by atoms with Gasteiger partial charge in [-0.1, -0.05) is 0 Å². The predicted octanol–water partition coefficient (Wildman–Crippen LogP) is 4.86. The molecular weight excluding hydrogens is 347 g/mol. The Labute approximate surface area is 137 Å². The second-order valence-corrected chi connectivity index (χ2v) is 7.02. The summed E-state index contributed by atoms with van der Waals surface area (Å²) in [6, 6.07) is 5.36. The lowest BCUT2D eigenvalue weighted by atomic mass is 10.2. The molecular formula is C15H10F3NO2S2. The molecule has 0 saturated carbocycles. The number of aryl methyl sites for hydroxylation is 1. The number of hydrogen-bond acceptors (Lipinski definition) is 4. The zero-order chi connectivity index (χ0) is 16.7. The van der Waals surface area contributed by atoms with Gasteiger partial charge in [0, 0.05) is 22.5 Å². The maximum atomic E-state index is 13.6. The van der Waals surface area contributed by atoms with Gasteiger partial charge in [0.2, 0.25) is 0 Å². The van der Waals surface area contributed by atoms with Crippen molar-refractivity contribution in [2.75, 3.05) is 0 Å². The van der Waals surface area contributed by atoms with Crippen LogP contribution in [0.2, 0.25) is 0 Å². The Hall–Kier alpha value is -1.93. The van der Waals surface area contributed by atoms with E-state index in [0.717, 1.165) is 17.4 Å². The molecule has 0 aliphatic carbocycles. The first-order valence-electron chi connectivity index (χ1n) is 6.45. The molecule has 2 heterocycles. The van der Waals surface area contributed by atoms with Gasteiger partial charge in [0.1, 0.15) is 0 Å². The number of aromatic hydroxyl groups is 1. The SMILES string of the molecule is Cc1cc2cc(O)c(F)cc2n1C(=O)c1csc(SC(F)F)c1. The summed E-state index contributed by atoms with van der Waals surface area (Å²) in [5.74, 6) is -4.31. The third-order valence-corrected chi connectivity index (χ3v) is 5.11. The number of thioether (sulfide) groups is 1. The number of benzene rings is 1. The zero-order valence-electron chi connectivity index (χ0n) is 11.7. The number of phenols is 1. The minimum absolute atomic E-state index is 0.257. The third kappa shape index (κ3) is 2.96. The fraction of sp³-hybridized carbons (Fsp3) is 0.133. The molecule has 3 nitrogen and oxygen atoms in total. The topological polar surface area (TPSA) is 42.2 Å². The molecule has 120 valence electrons. The van der Waals surface area contributed by atoms with E-state index in [0.29, 0.717) is 32.6 Å². The van der Waals surface area contributed by atoms with Crippen LogP contribution in [0.1, 0.15) is 16.1 Å². The molecule has 3 aromatic rings. The number of hydrogen-bond donors (Lipinski definition) is 1. The number of fused-ring (bicyclic) bond motifs is 1. The van der Waals surface area contributed by atoms with Crippen molar-refractivity contribution in [1.82, 2.24) is 4.57 Å². The molecule has 0 atom stereocenters. The van der Waals surface area contributed by atoms with Crippen molar-refractivity contribution in [1.29, 1.82) is 0 Å². The molecule has 8 heteroatoms. The molecule has 23 heavy (non-hydrogen) atoms. The van der Waals surface area contributed by atoms with E-state index in [4.69, 9.17) is 0 Å². The Balaban J connectivity index is 2.05. The van der Waals surface area contributed by atoms with Crippen LogP contribution < -0.4 is 0 Å². The predicted molar refractivity (Wildman–Crippen MR) is 84.2 cm³/mol. The second kappa shape index (κ2) is 5.93. The van der Waals surface area contributed by atoms with Crippen LogP contribution in [0.25, 0.3) is 10.9 Å². The zero-order valence-corrected chi connectivity index (χ0v) is 13.4. The van der Waals surface area contributed by atoms with Crippen molar-refractivity contribution >= 4 is 39.9 Å². The van der Waals surface area contributed by atoms with Crippen molar-refractivity contribution < 1.29 is 23.1 Å². The number of alkyl halides is 2. The van der Waals surface area contributed by atoms with Gasteiger partial charge in [-0.15, -0.1) is 11.3 Å². The smallest absolute Gasteiger partial charge is 0.289 e. The first kappa shape index (κ1) is 15.9. The molecule has 0 fully saturated rings. The summed E-state index contributed by atoms with van der Waals surface area (Å²) in [5.41, 5.74) is 1.13. The highest BCUT2D eigenvalue weighted by atomic mass is 32.2. The van der Waals surface area contributed by atoms with Gasteiger partial charge in [0.15, 0.2) is 11.6 Å².